The number of carbonyl (C=O) groups is 2. The minimum Gasteiger partial charge on any atom is -0.337 e. The first-order valence-corrected chi connectivity index (χ1v) is 6.30. The first kappa shape index (κ1) is 12.8. The third kappa shape index (κ3) is 2.76. The lowest BCUT2D eigenvalue weighted by molar-refractivity contribution is 0.0761. The van der Waals surface area contributed by atoms with Gasteiger partial charge < -0.3 is 10.2 Å². The lowest BCUT2D eigenvalue weighted by Gasteiger charge is -2.21. The summed E-state index contributed by atoms with van der Waals surface area (Å²) in [6.45, 7) is 4.70. The highest BCUT2D eigenvalue weighted by atomic mass is 16.2. The first-order valence-electron chi connectivity index (χ1n) is 6.30. The summed E-state index contributed by atoms with van der Waals surface area (Å²) < 4.78 is 0. The van der Waals surface area contributed by atoms with Gasteiger partial charge in [0.1, 0.15) is 0 Å². The molecule has 1 aromatic rings. The monoisotopic (exact) mass is 246 g/mol. The zero-order valence-electron chi connectivity index (χ0n) is 10.6. The van der Waals surface area contributed by atoms with Crippen LogP contribution in [0.4, 0.5) is 0 Å². The molecule has 0 atom stereocenters. The van der Waals surface area contributed by atoms with E-state index in [1.54, 1.807) is 24.3 Å². The van der Waals surface area contributed by atoms with Crippen LogP contribution in [-0.2, 0) is 0 Å². The summed E-state index contributed by atoms with van der Waals surface area (Å²) in [5.41, 5.74) is 1.03. The molecule has 1 heterocycles. The van der Waals surface area contributed by atoms with E-state index in [1.165, 1.54) is 6.92 Å². The van der Waals surface area contributed by atoms with Crippen LogP contribution < -0.4 is 5.32 Å². The van der Waals surface area contributed by atoms with Gasteiger partial charge in [0.2, 0.25) is 0 Å². The molecule has 1 saturated heterocycles. The molecule has 18 heavy (non-hydrogen) atoms. The molecule has 1 amide bonds. The van der Waals surface area contributed by atoms with Crippen LogP contribution in [0.25, 0.3) is 0 Å². The van der Waals surface area contributed by atoms with Gasteiger partial charge in [-0.25, -0.2) is 0 Å². The van der Waals surface area contributed by atoms with E-state index < -0.39 is 0 Å². The number of nitrogens with one attached hydrogen (secondary N) is 1. The Kier molecular flexibility index (Phi) is 4.10. The van der Waals surface area contributed by atoms with E-state index in [1.807, 2.05) is 4.90 Å². The average molecular weight is 246 g/mol. The topological polar surface area (TPSA) is 49.4 Å². The van der Waals surface area contributed by atoms with E-state index in [0.29, 0.717) is 17.7 Å². The van der Waals surface area contributed by atoms with Gasteiger partial charge >= 0.3 is 0 Å². The van der Waals surface area contributed by atoms with Gasteiger partial charge in [0.15, 0.2) is 5.78 Å². The van der Waals surface area contributed by atoms with E-state index in [4.69, 9.17) is 0 Å². The van der Waals surface area contributed by atoms with Crippen molar-refractivity contribution in [2.24, 2.45) is 0 Å². The lowest BCUT2D eigenvalue weighted by atomic mass is 10.0. The van der Waals surface area contributed by atoms with Crippen molar-refractivity contribution in [3.63, 3.8) is 0 Å². The Morgan fingerprint density at radius 1 is 1.11 bits per heavy atom. The molecule has 0 saturated carbocycles. The molecule has 96 valence electrons. The van der Waals surface area contributed by atoms with Crippen LogP contribution in [0.3, 0.4) is 0 Å². The molecule has 1 aromatic carbocycles. The SMILES string of the molecule is CC(=O)c1ccccc1C(=O)N1CCCNCC1. The summed E-state index contributed by atoms with van der Waals surface area (Å²) in [4.78, 5) is 25.8. The third-order valence-corrected chi connectivity index (χ3v) is 3.16. The Hall–Kier alpha value is -1.68. The van der Waals surface area contributed by atoms with Crippen molar-refractivity contribution >= 4 is 11.7 Å². The molecule has 0 aliphatic carbocycles. The number of benzene rings is 1. The van der Waals surface area contributed by atoms with E-state index in [9.17, 15) is 9.59 Å². The van der Waals surface area contributed by atoms with Gasteiger partial charge in [0.05, 0.1) is 5.56 Å². The zero-order valence-corrected chi connectivity index (χ0v) is 10.6. The van der Waals surface area contributed by atoms with Crippen LogP contribution in [0.5, 0.6) is 0 Å². The third-order valence-electron chi connectivity index (χ3n) is 3.16. The molecule has 2 rings (SSSR count). The zero-order chi connectivity index (χ0) is 13.0. The van der Waals surface area contributed by atoms with E-state index in [0.717, 1.165) is 26.1 Å². The van der Waals surface area contributed by atoms with Crippen LogP contribution in [0.1, 0.15) is 34.1 Å². The Morgan fingerprint density at radius 3 is 2.56 bits per heavy atom. The van der Waals surface area contributed by atoms with Crippen molar-refractivity contribution < 1.29 is 9.59 Å². The molecule has 0 unspecified atom stereocenters. The molecule has 1 aliphatic rings. The lowest BCUT2D eigenvalue weighted by Crippen LogP contribution is -2.34. The Morgan fingerprint density at radius 2 is 1.83 bits per heavy atom. The normalized spacial score (nSPS) is 16.2. The minimum absolute atomic E-state index is 0.0375. The molecule has 4 heteroatoms. The van der Waals surface area contributed by atoms with Crippen molar-refractivity contribution in [2.75, 3.05) is 26.2 Å². The number of rotatable bonds is 2. The quantitative estimate of drug-likeness (QED) is 0.801. The van der Waals surface area contributed by atoms with Crippen molar-refractivity contribution in [3.8, 4) is 0 Å². The maximum Gasteiger partial charge on any atom is 0.254 e. The van der Waals surface area contributed by atoms with Crippen molar-refractivity contribution in [2.45, 2.75) is 13.3 Å². The predicted octanol–water partition coefficient (Wildman–Crippen LogP) is 1.32. The maximum absolute atomic E-state index is 12.4. The molecular weight excluding hydrogens is 228 g/mol. The summed E-state index contributed by atoms with van der Waals surface area (Å²) in [6.07, 6.45) is 0.952. The fourth-order valence-electron chi connectivity index (χ4n) is 2.20. The number of nitrogens with zero attached hydrogens (tertiary/aromatic N) is 1. The summed E-state index contributed by atoms with van der Waals surface area (Å²) in [5.74, 6) is -0.101. The first-order chi connectivity index (χ1) is 8.70. The average Bonchev–Trinajstić information content (AvgIpc) is 2.66. The number of Topliss-reactive ketones (excluding diaryl/α,β-unsaturated/α-hetero) is 1. The molecule has 1 N–H and O–H groups in total. The second-order valence-electron chi connectivity index (χ2n) is 4.50. The number of ketones is 1. The van der Waals surface area contributed by atoms with Crippen LogP contribution in [0.2, 0.25) is 0 Å². The summed E-state index contributed by atoms with van der Waals surface area (Å²) >= 11 is 0. The number of hydrogen-bond donors (Lipinski definition) is 1. The summed E-state index contributed by atoms with van der Waals surface area (Å²) in [5, 5.41) is 3.26. The number of carbonyl (C=O) groups excluding carboxylic acids is 2. The molecule has 1 fully saturated rings. The fourth-order valence-corrected chi connectivity index (χ4v) is 2.20. The smallest absolute Gasteiger partial charge is 0.254 e. The molecular formula is C14H18N2O2. The van der Waals surface area contributed by atoms with Gasteiger partial charge in [-0.15, -0.1) is 0 Å². The fraction of sp³-hybridized carbons (Fsp3) is 0.429. The van der Waals surface area contributed by atoms with E-state index in [2.05, 4.69) is 5.32 Å². The molecule has 1 aliphatic heterocycles. The van der Waals surface area contributed by atoms with Crippen molar-refractivity contribution in [3.05, 3.63) is 35.4 Å². The molecule has 0 bridgehead atoms. The molecule has 0 aromatic heterocycles. The predicted molar refractivity (Wildman–Crippen MR) is 69.8 cm³/mol. The van der Waals surface area contributed by atoms with Gasteiger partial charge in [0.25, 0.3) is 5.91 Å². The summed E-state index contributed by atoms with van der Waals surface area (Å²) in [6, 6.07) is 7.04. The van der Waals surface area contributed by atoms with E-state index in [-0.39, 0.29) is 11.7 Å². The van der Waals surface area contributed by atoms with Crippen molar-refractivity contribution in [1.82, 2.24) is 10.2 Å². The highest BCUT2D eigenvalue weighted by Crippen LogP contribution is 2.13. The van der Waals surface area contributed by atoms with E-state index >= 15 is 0 Å². The minimum atomic E-state index is -0.0631. The van der Waals surface area contributed by atoms with Gasteiger partial charge in [-0.3, -0.25) is 9.59 Å². The van der Waals surface area contributed by atoms with Gasteiger partial charge in [-0.1, -0.05) is 18.2 Å². The molecule has 0 radical (unpaired) electrons. The molecule has 0 spiro atoms. The Bertz CT molecular complexity index is 449. The largest absolute Gasteiger partial charge is 0.337 e. The second kappa shape index (κ2) is 5.78. The van der Waals surface area contributed by atoms with Gasteiger partial charge in [-0.05, 0) is 26.0 Å². The number of hydrogen-bond acceptors (Lipinski definition) is 3. The standard InChI is InChI=1S/C14H18N2O2/c1-11(17)12-5-2-3-6-13(12)14(18)16-9-4-7-15-8-10-16/h2-3,5-6,15H,4,7-10H2,1H3. The van der Waals surface area contributed by atoms with Crippen LogP contribution in [0.15, 0.2) is 24.3 Å². The highest BCUT2D eigenvalue weighted by molar-refractivity contribution is 6.07. The Balaban J connectivity index is 2.24. The highest BCUT2D eigenvalue weighted by Gasteiger charge is 2.20. The number of amides is 1. The van der Waals surface area contributed by atoms with Gasteiger partial charge in [0, 0.05) is 25.2 Å². The summed E-state index contributed by atoms with van der Waals surface area (Å²) in [7, 11) is 0. The van der Waals surface area contributed by atoms with Crippen LogP contribution >= 0.6 is 0 Å². The Labute approximate surface area is 107 Å². The second-order valence-corrected chi connectivity index (χ2v) is 4.50. The van der Waals surface area contributed by atoms with Crippen molar-refractivity contribution in [1.29, 1.82) is 0 Å². The maximum atomic E-state index is 12.4. The van der Waals surface area contributed by atoms with Crippen LogP contribution in [-0.4, -0.2) is 42.8 Å². The van der Waals surface area contributed by atoms with Crippen LogP contribution in [0, 0.1) is 0 Å². The molecule has 4 nitrogen and oxygen atoms in total. The van der Waals surface area contributed by atoms with Gasteiger partial charge in [-0.2, -0.15) is 0 Å².